The third-order valence-electron chi connectivity index (χ3n) is 2.76. The Morgan fingerprint density at radius 3 is 2.90 bits per heavy atom. The molecule has 6 heteroatoms. The maximum absolute atomic E-state index is 12.1. The van der Waals surface area contributed by atoms with Crippen LogP contribution in [0, 0.1) is 11.8 Å². The van der Waals surface area contributed by atoms with Crippen LogP contribution >= 0.6 is 11.3 Å². The average molecular weight is 290 g/mol. The van der Waals surface area contributed by atoms with Crippen LogP contribution in [0.5, 0.6) is 0 Å². The predicted molar refractivity (Wildman–Crippen MR) is 78.0 cm³/mol. The molecule has 2 aromatic rings. The lowest BCUT2D eigenvalue weighted by atomic mass is 10.3. The average Bonchev–Trinajstić information content (AvgIpc) is 2.89. The van der Waals surface area contributed by atoms with E-state index in [-0.39, 0.29) is 24.4 Å². The van der Waals surface area contributed by atoms with Crippen LogP contribution in [0.1, 0.15) is 17.4 Å². The van der Waals surface area contributed by atoms with Gasteiger partial charge in [-0.15, -0.1) is 11.3 Å². The van der Waals surface area contributed by atoms with Crippen molar-refractivity contribution in [1.82, 2.24) is 9.13 Å². The van der Waals surface area contributed by atoms with E-state index in [4.69, 9.17) is 5.11 Å². The molecule has 0 saturated carbocycles. The zero-order chi connectivity index (χ0) is 14.5. The van der Waals surface area contributed by atoms with Gasteiger partial charge in [-0.2, -0.15) is 0 Å². The summed E-state index contributed by atoms with van der Waals surface area (Å²) in [6, 6.07) is 3.22. The van der Waals surface area contributed by atoms with Gasteiger partial charge in [-0.25, -0.2) is 4.79 Å². The first-order chi connectivity index (χ1) is 9.65. The van der Waals surface area contributed by atoms with Crippen LogP contribution in [0.3, 0.4) is 0 Å². The molecule has 0 aromatic carbocycles. The minimum absolute atomic E-state index is 0.190. The summed E-state index contributed by atoms with van der Waals surface area (Å²) in [5.74, 6) is 5.35. The van der Waals surface area contributed by atoms with E-state index in [0.717, 1.165) is 10.4 Å². The van der Waals surface area contributed by atoms with Gasteiger partial charge in [0.2, 0.25) is 0 Å². The highest BCUT2D eigenvalue weighted by Crippen LogP contribution is 2.14. The Hall–Kier alpha value is -2.10. The molecule has 0 aliphatic carbocycles. The molecular formula is C14H14N2O3S. The zero-order valence-electron chi connectivity index (χ0n) is 11.0. The molecule has 0 bridgehead atoms. The second-order valence-corrected chi connectivity index (χ2v) is 5.07. The fraction of sp³-hybridized carbons (Fsp3) is 0.286. The molecule has 0 radical (unpaired) electrons. The van der Waals surface area contributed by atoms with Crippen molar-refractivity contribution in [3.63, 3.8) is 0 Å². The molecule has 2 heterocycles. The zero-order valence-corrected chi connectivity index (χ0v) is 11.8. The van der Waals surface area contributed by atoms with Gasteiger partial charge in [0.1, 0.15) is 6.61 Å². The lowest BCUT2D eigenvalue weighted by Gasteiger charge is -2.06. The van der Waals surface area contributed by atoms with Crippen LogP contribution in [0.15, 0.2) is 33.3 Å². The normalized spacial score (nSPS) is 10.1. The van der Waals surface area contributed by atoms with Crippen LogP contribution in [-0.4, -0.2) is 20.8 Å². The van der Waals surface area contributed by atoms with Gasteiger partial charge in [-0.1, -0.05) is 11.8 Å². The van der Waals surface area contributed by atoms with Gasteiger partial charge in [-0.05, 0) is 13.0 Å². The Balaban J connectivity index is 2.33. The number of aliphatic hydroxyl groups is 1. The molecule has 0 fully saturated rings. The van der Waals surface area contributed by atoms with E-state index >= 15 is 0 Å². The van der Waals surface area contributed by atoms with Crippen molar-refractivity contribution in [3.05, 3.63) is 55.0 Å². The van der Waals surface area contributed by atoms with Crippen molar-refractivity contribution in [2.45, 2.75) is 20.0 Å². The SMILES string of the molecule is CCn1ccc(=O)n(Cc2cc(C#CCO)cs2)c1=O. The summed E-state index contributed by atoms with van der Waals surface area (Å²) in [6.07, 6.45) is 1.51. The van der Waals surface area contributed by atoms with Gasteiger partial charge in [0.25, 0.3) is 5.56 Å². The summed E-state index contributed by atoms with van der Waals surface area (Å²) in [6.45, 7) is 2.43. The van der Waals surface area contributed by atoms with Gasteiger partial charge in [0.15, 0.2) is 0 Å². The number of aliphatic hydroxyl groups excluding tert-OH is 1. The quantitative estimate of drug-likeness (QED) is 0.837. The van der Waals surface area contributed by atoms with E-state index < -0.39 is 0 Å². The molecule has 1 N–H and O–H groups in total. The van der Waals surface area contributed by atoms with E-state index in [0.29, 0.717) is 6.54 Å². The Kier molecular flexibility index (Phi) is 4.56. The first kappa shape index (κ1) is 14.3. The third-order valence-corrected chi connectivity index (χ3v) is 3.68. The number of aryl methyl sites for hydroxylation is 1. The van der Waals surface area contributed by atoms with Gasteiger partial charge < -0.3 is 9.67 Å². The van der Waals surface area contributed by atoms with E-state index in [1.807, 2.05) is 18.4 Å². The molecule has 0 aliphatic rings. The molecule has 0 saturated heterocycles. The molecule has 2 rings (SSSR count). The monoisotopic (exact) mass is 290 g/mol. The molecule has 0 atom stereocenters. The molecule has 104 valence electrons. The summed E-state index contributed by atoms with van der Waals surface area (Å²) in [4.78, 5) is 24.7. The third kappa shape index (κ3) is 3.07. The lowest BCUT2D eigenvalue weighted by molar-refractivity contribution is 0.350. The molecule has 20 heavy (non-hydrogen) atoms. The number of hydrogen-bond acceptors (Lipinski definition) is 4. The second-order valence-electron chi connectivity index (χ2n) is 4.07. The molecular weight excluding hydrogens is 276 g/mol. The van der Waals surface area contributed by atoms with Crippen molar-refractivity contribution in [2.24, 2.45) is 0 Å². The van der Waals surface area contributed by atoms with Crippen LogP contribution in [-0.2, 0) is 13.1 Å². The smallest absolute Gasteiger partial charge is 0.331 e. The van der Waals surface area contributed by atoms with Crippen LogP contribution in [0.4, 0.5) is 0 Å². The minimum Gasteiger partial charge on any atom is -0.384 e. The van der Waals surface area contributed by atoms with Crippen molar-refractivity contribution in [2.75, 3.05) is 6.61 Å². The summed E-state index contributed by atoms with van der Waals surface area (Å²) in [5, 5.41) is 10.5. The molecule has 0 aliphatic heterocycles. The van der Waals surface area contributed by atoms with Crippen molar-refractivity contribution in [1.29, 1.82) is 0 Å². The molecule has 0 spiro atoms. The lowest BCUT2D eigenvalue weighted by Crippen LogP contribution is -2.38. The molecule has 0 amide bonds. The van der Waals surface area contributed by atoms with Crippen molar-refractivity contribution in [3.8, 4) is 11.8 Å². The number of aromatic nitrogens is 2. The standard InChI is InChI=1S/C14H14N2O3S/c1-2-15-6-5-13(18)16(14(15)19)9-12-8-11(10-20-12)4-3-7-17/h5-6,8,10,17H,2,7,9H2,1H3. The first-order valence-electron chi connectivity index (χ1n) is 6.13. The van der Waals surface area contributed by atoms with Gasteiger partial charge in [-0.3, -0.25) is 9.36 Å². The Morgan fingerprint density at radius 1 is 1.40 bits per heavy atom. The summed E-state index contributed by atoms with van der Waals surface area (Å²) in [7, 11) is 0. The molecule has 5 nitrogen and oxygen atoms in total. The summed E-state index contributed by atoms with van der Waals surface area (Å²) >= 11 is 1.43. The fourth-order valence-corrected chi connectivity index (χ4v) is 2.57. The molecule has 2 aromatic heterocycles. The van der Waals surface area contributed by atoms with Crippen LogP contribution in [0.25, 0.3) is 0 Å². The maximum atomic E-state index is 12.1. The highest BCUT2D eigenvalue weighted by molar-refractivity contribution is 7.10. The minimum atomic E-state index is -0.309. The summed E-state index contributed by atoms with van der Waals surface area (Å²) < 4.78 is 2.69. The second kappa shape index (κ2) is 6.37. The van der Waals surface area contributed by atoms with E-state index in [2.05, 4.69) is 11.8 Å². The van der Waals surface area contributed by atoms with E-state index in [1.165, 1.54) is 32.7 Å². The van der Waals surface area contributed by atoms with Crippen molar-refractivity contribution < 1.29 is 5.11 Å². The Labute approximate surface area is 119 Å². The summed E-state index contributed by atoms with van der Waals surface area (Å²) in [5.41, 5.74) is 0.159. The number of rotatable bonds is 3. The van der Waals surface area contributed by atoms with Gasteiger partial charge in [0, 0.05) is 34.6 Å². The molecule has 0 unspecified atom stereocenters. The Morgan fingerprint density at radius 2 is 2.20 bits per heavy atom. The largest absolute Gasteiger partial charge is 0.384 e. The van der Waals surface area contributed by atoms with E-state index in [9.17, 15) is 9.59 Å². The first-order valence-corrected chi connectivity index (χ1v) is 7.01. The highest BCUT2D eigenvalue weighted by atomic mass is 32.1. The maximum Gasteiger partial charge on any atom is 0.331 e. The Bertz CT molecular complexity index is 774. The number of thiophene rings is 1. The van der Waals surface area contributed by atoms with Crippen molar-refractivity contribution >= 4 is 11.3 Å². The van der Waals surface area contributed by atoms with Crippen LogP contribution in [0.2, 0.25) is 0 Å². The fourth-order valence-electron chi connectivity index (χ4n) is 1.77. The highest BCUT2D eigenvalue weighted by Gasteiger charge is 2.06. The van der Waals surface area contributed by atoms with E-state index in [1.54, 1.807) is 0 Å². The topological polar surface area (TPSA) is 64.2 Å². The van der Waals surface area contributed by atoms with Crippen LogP contribution < -0.4 is 11.2 Å². The van der Waals surface area contributed by atoms with Gasteiger partial charge >= 0.3 is 5.69 Å². The predicted octanol–water partition coefficient (Wildman–Crippen LogP) is 0.483. The van der Waals surface area contributed by atoms with Gasteiger partial charge in [0.05, 0.1) is 6.54 Å². The number of nitrogens with zero attached hydrogens (tertiary/aromatic N) is 2. The number of hydrogen-bond donors (Lipinski definition) is 1.